The molecule has 18 heavy (non-hydrogen) atoms. The van der Waals surface area contributed by atoms with E-state index in [2.05, 4.69) is 4.74 Å². The lowest BCUT2D eigenvalue weighted by Crippen LogP contribution is -2.21. The van der Waals surface area contributed by atoms with Crippen LogP contribution < -0.4 is 0 Å². The molecule has 8 heteroatoms. The molecule has 1 aromatic rings. The molecule has 0 aromatic heterocycles. The van der Waals surface area contributed by atoms with Gasteiger partial charge in [-0.1, -0.05) is 12.1 Å². The first-order valence-corrected chi connectivity index (χ1v) is 4.73. The van der Waals surface area contributed by atoms with E-state index in [-0.39, 0.29) is 12.1 Å². The number of nitrogens with zero attached hydrogens (tertiary/aromatic N) is 1. The van der Waals surface area contributed by atoms with Crippen molar-refractivity contribution < 1.29 is 27.6 Å². The fourth-order valence-corrected chi connectivity index (χ4v) is 1.12. The summed E-state index contributed by atoms with van der Waals surface area (Å²) in [6.45, 7) is -1.64. The molecule has 0 aliphatic heterocycles. The Morgan fingerprint density at radius 2 is 1.83 bits per heavy atom. The van der Waals surface area contributed by atoms with Crippen LogP contribution in [0.3, 0.4) is 0 Å². The predicted octanol–water partition coefficient (Wildman–Crippen LogP) is 2.24. The van der Waals surface area contributed by atoms with Gasteiger partial charge < -0.3 is 4.74 Å². The standard InChI is InChI=1S/C10H8F3NO4/c11-10(12,13)6-18-9(15)5-7-1-3-8(4-2-7)14(16)17/h1-4H,5-6H2. The molecule has 0 aliphatic rings. The highest BCUT2D eigenvalue weighted by Crippen LogP contribution is 2.16. The van der Waals surface area contributed by atoms with Gasteiger partial charge in [-0.15, -0.1) is 0 Å². The molecule has 0 radical (unpaired) electrons. The Hall–Kier alpha value is -2.12. The maximum absolute atomic E-state index is 11.7. The summed E-state index contributed by atoms with van der Waals surface area (Å²) in [6.07, 6.45) is -4.93. The number of hydrogen-bond acceptors (Lipinski definition) is 4. The zero-order valence-corrected chi connectivity index (χ0v) is 8.94. The van der Waals surface area contributed by atoms with Crippen LogP contribution in [-0.2, 0) is 16.0 Å². The third-order valence-electron chi connectivity index (χ3n) is 1.89. The average Bonchev–Trinajstić information content (AvgIpc) is 2.26. The fraction of sp³-hybridized carbons (Fsp3) is 0.300. The SMILES string of the molecule is O=C(Cc1ccc([N+](=O)[O-])cc1)OCC(F)(F)F. The van der Waals surface area contributed by atoms with Crippen molar-refractivity contribution in [3.63, 3.8) is 0 Å². The van der Waals surface area contributed by atoms with Gasteiger partial charge in [0.1, 0.15) is 0 Å². The Kier molecular flexibility index (Phi) is 4.24. The molecule has 0 amide bonds. The van der Waals surface area contributed by atoms with Crippen LogP contribution in [0.2, 0.25) is 0 Å². The van der Waals surface area contributed by atoms with E-state index in [1.165, 1.54) is 12.1 Å². The van der Waals surface area contributed by atoms with Gasteiger partial charge in [-0.05, 0) is 5.56 Å². The first-order chi connectivity index (χ1) is 8.28. The van der Waals surface area contributed by atoms with E-state index >= 15 is 0 Å². The number of nitro benzene ring substituents is 1. The largest absolute Gasteiger partial charge is 0.456 e. The minimum atomic E-state index is -4.56. The molecule has 0 saturated heterocycles. The number of carbonyl (C=O) groups is 1. The van der Waals surface area contributed by atoms with Crippen molar-refractivity contribution in [3.05, 3.63) is 39.9 Å². The summed E-state index contributed by atoms with van der Waals surface area (Å²) in [4.78, 5) is 20.7. The predicted molar refractivity (Wildman–Crippen MR) is 53.8 cm³/mol. The van der Waals surface area contributed by atoms with Crippen LogP contribution in [0.5, 0.6) is 0 Å². The van der Waals surface area contributed by atoms with Crippen LogP contribution >= 0.6 is 0 Å². The van der Waals surface area contributed by atoms with Crippen molar-refractivity contribution in [2.75, 3.05) is 6.61 Å². The number of nitro groups is 1. The van der Waals surface area contributed by atoms with Crippen LogP contribution in [-0.4, -0.2) is 23.7 Å². The maximum Gasteiger partial charge on any atom is 0.422 e. The van der Waals surface area contributed by atoms with Crippen molar-refractivity contribution in [2.24, 2.45) is 0 Å². The number of benzene rings is 1. The highest BCUT2D eigenvalue weighted by atomic mass is 19.4. The van der Waals surface area contributed by atoms with E-state index in [4.69, 9.17) is 0 Å². The Labute approximate surface area is 99.3 Å². The van der Waals surface area contributed by atoms with Crippen LogP contribution in [0.15, 0.2) is 24.3 Å². The molecular weight excluding hydrogens is 255 g/mol. The van der Waals surface area contributed by atoms with Crippen LogP contribution in [0.4, 0.5) is 18.9 Å². The van der Waals surface area contributed by atoms with Crippen LogP contribution in [0.1, 0.15) is 5.56 Å². The van der Waals surface area contributed by atoms with Crippen LogP contribution in [0, 0.1) is 10.1 Å². The second kappa shape index (κ2) is 5.48. The fourth-order valence-electron chi connectivity index (χ4n) is 1.12. The van der Waals surface area contributed by atoms with Gasteiger partial charge in [-0.3, -0.25) is 14.9 Å². The number of ether oxygens (including phenoxy) is 1. The van der Waals surface area contributed by atoms with Crippen LogP contribution in [0.25, 0.3) is 0 Å². The van der Waals surface area contributed by atoms with E-state index in [1.54, 1.807) is 0 Å². The summed E-state index contributed by atoms with van der Waals surface area (Å²) >= 11 is 0. The summed E-state index contributed by atoms with van der Waals surface area (Å²) < 4.78 is 39.2. The minimum Gasteiger partial charge on any atom is -0.456 e. The molecule has 0 N–H and O–H groups in total. The molecule has 0 aliphatic carbocycles. The normalized spacial score (nSPS) is 11.1. The van der Waals surface area contributed by atoms with Crippen molar-refractivity contribution in [2.45, 2.75) is 12.6 Å². The number of esters is 1. The van der Waals surface area contributed by atoms with Gasteiger partial charge in [0.15, 0.2) is 6.61 Å². The summed E-state index contributed by atoms with van der Waals surface area (Å²) in [5.41, 5.74) is 0.176. The van der Waals surface area contributed by atoms with Gasteiger partial charge in [0.25, 0.3) is 5.69 Å². The molecule has 1 aromatic carbocycles. The molecule has 98 valence electrons. The average molecular weight is 263 g/mol. The molecule has 0 atom stereocenters. The first-order valence-electron chi connectivity index (χ1n) is 4.73. The number of rotatable bonds is 4. The summed E-state index contributed by atoms with van der Waals surface area (Å²) in [7, 11) is 0. The second-order valence-corrected chi connectivity index (χ2v) is 3.38. The zero-order chi connectivity index (χ0) is 13.8. The van der Waals surface area contributed by atoms with E-state index in [1.807, 2.05) is 0 Å². The lowest BCUT2D eigenvalue weighted by atomic mass is 10.1. The Morgan fingerprint density at radius 3 is 2.28 bits per heavy atom. The lowest BCUT2D eigenvalue weighted by molar-refractivity contribution is -0.384. The van der Waals surface area contributed by atoms with Crippen molar-refractivity contribution in [3.8, 4) is 0 Å². The molecule has 0 unspecified atom stereocenters. The maximum atomic E-state index is 11.7. The van der Waals surface area contributed by atoms with Gasteiger partial charge in [-0.2, -0.15) is 13.2 Å². The van der Waals surface area contributed by atoms with Gasteiger partial charge >= 0.3 is 12.1 Å². The number of carbonyl (C=O) groups excluding carboxylic acids is 1. The van der Waals surface area contributed by atoms with E-state index < -0.39 is 23.7 Å². The molecule has 0 saturated carbocycles. The Bertz CT molecular complexity index is 441. The number of hydrogen-bond donors (Lipinski definition) is 0. The first kappa shape index (κ1) is 13.9. The third-order valence-corrected chi connectivity index (χ3v) is 1.89. The summed E-state index contributed by atoms with van der Waals surface area (Å²) in [6, 6.07) is 4.89. The van der Waals surface area contributed by atoms with Crippen molar-refractivity contribution >= 4 is 11.7 Å². The molecular formula is C10H8F3NO4. The number of alkyl halides is 3. The van der Waals surface area contributed by atoms with Crippen molar-refractivity contribution in [1.82, 2.24) is 0 Å². The quantitative estimate of drug-likeness (QED) is 0.474. The van der Waals surface area contributed by atoms with Gasteiger partial charge in [0.05, 0.1) is 11.3 Å². The summed E-state index contributed by atoms with van der Waals surface area (Å²) in [5, 5.41) is 10.3. The molecule has 0 heterocycles. The smallest absolute Gasteiger partial charge is 0.422 e. The van der Waals surface area contributed by atoms with E-state index in [9.17, 15) is 28.1 Å². The van der Waals surface area contributed by atoms with Gasteiger partial charge in [-0.25, -0.2) is 0 Å². The molecule has 0 bridgehead atoms. The topological polar surface area (TPSA) is 69.4 Å². The third kappa shape index (κ3) is 4.81. The molecule has 0 spiro atoms. The molecule has 1 rings (SSSR count). The van der Waals surface area contributed by atoms with Crippen molar-refractivity contribution in [1.29, 1.82) is 0 Å². The van der Waals surface area contributed by atoms with Gasteiger partial charge in [0, 0.05) is 12.1 Å². The lowest BCUT2D eigenvalue weighted by Gasteiger charge is -2.07. The highest BCUT2D eigenvalue weighted by Gasteiger charge is 2.29. The Balaban J connectivity index is 2.52. The van der Waals surface area contributed by atoms with E-state index in [0.717, 1.165) is 12.1 Å². The number of non-ortho nitro benzene ring substituents is 1. The van der Waals surface area contributed by atoms with Gasteiger partial charge in [0.2, 0.25) is 0 Å². The van der Waals surface area contributed by atoms with E-state index in [0.29, 0.717) is 5.56 Å². The second-order valence-electron chi connectivity index (χ2n) is 3.38. The number of halogens is 3. The minimum absolute atomic E-state index is 0.164. The molecule has 0 fully saturated rings. The highest BCUT2D eigenvalue weighted by molar-refractivity contribution is 5.72. The Morgan fingerprint density at radius 1 is 1.28 bits per heavy atom. The summed E-state index contributed by atoms with van der Waals surface area (Å²) in [5.74, 6) is -1.04. The monoisotopic (exact) mass is 263 g/mol. The molecule has 5 nitrogen and oxygen atoms in total. The zero-order valence-electron chi connectivity index (χ0n) is 8.94.